The van der Waals surface area contributed by atoms with Crippen molar-refractivity contribution in [2.45, 2.75) is 39.6 Å². The van der Waals surface area contributed by atoms with Crippen molar-refractivity contribution in [1.29, 1.82) is 0 Å². The molecule has 0 fully saturated rings. The second kappa shape index (κ2) is 5.54. The van der Waals surface area contributed by atoms with Crippen molar-refractivity contribution in [3.8, 4) is 0 Å². The van der Waals surface area contributed by atoms with Crippen LogP contribution < -0.4 is 0 Å². The standard InChI is InChI=1S/C6H13BO4/c1-4(8)9-5(2)10-6(3)11-7/h4-6,8H,1-3H3. The number of ether oxygens (including phenoxy) is 2. The number of aliphatic hydroxyl groups excluding tert-OH is 1. The maximum Gasteiger partial charge on any atom is 0.286 e. The van der Waals surface area contributed by atoms with E-state index in [1.165, 1.54) is 6.92 Å². The highest BCUT2D eigenvalue weighted by atomic mass is 16.8. The van der Waals surface area contributed by atoms with Gasteiger partial charge in [0, 0.05) is 0 Å². The molecule has 3 unspecified atom stereocenters. The maximum atomic E-state index is 8.73. The first-order chi connectivity index (χ1) is 5.06. The lowest BCUT2D eigenvalue weighted by Gasteiger charge is -2.19. The van der Waals surface area contributed by atoms with E-state index in [1.807, 2.05) is 0 Å². The Bertz CT molecular complexity index is 98.6. The highest BCUT2D eigenvalue weighted by molar-refractivity contribution is 5.98. The van der Waals surface area contributed by atoms with Crippen LogP contribution in [0.1, 0.15) is 20.8 Å². The van der Waals surface area contributed by atoms with Gasteiger partial charge in [0.15, 0.2) is 12.6 Å². The van der Waals surface area contributed by atoms with E-state index >= 15 is 0 Å². The van der Waals surface area contributed by atoms with E-state index in [2.05, 4.69) is 4.65 Å². The monoisotopic (exact) mass is 160 g/mol. The van der Waals surface area contributed by atoms with Gasteiger partial charge in [-0.3, -0.25) is 0 Å². The van der Waals surface area contributed by atoms with Gasteiger partial charge >= 0.3 is 0 Å². The van der Waals surface area contributed by atoms with Crippen LogP contribution in [0.2, 0.25) is 0 Å². The molecule has 0 bridgehead atoms. The molecule has 11 heavy (non-hydrogen) atoms. The molecule has 0 saturated carbocycles. The van der Waals surface area contributed by atoms with Crippen LogP contribution in [0.4, 0.5) is 0 Å². The van der Waals surface area contributed by atoms with Crippen LogP contribution >= 0.6 is 0 Å². The van der Waals surface area contributed by atoms with Crippen LogP contribution in [0, 0.1) is 0 Å². The summed E-state index contributed by atoms with van der Waals surface area (Å²) >= 11 is 0. The van der Waals surface area contributed by atoms with Gasteiger partial charge in [0.25, 0.3) is 8.05 Å². The number of hydrogen-bond donors (Lipinski definition) is 1. The molecule has 0 aliphatic heterocycles. The Morgan fingerprint density at radius 1 is 1.09 bits per heavy atom. The summed E-state index contributed by atoms with van der Waals surface area (Å²) in [7, 11) is 4.81. The van der Waals surface area contributed by atoms with Crippen molar-refractivity contribution in [3.63, 3.8) is 0 Å². The highest BCUT2D eigenvalue weighted by Crippen LogP contribution is 2.01. The predicted octanol–water partition coefficient (Wildman–Crippen LogP) is 0.150. The molecule has 2 radical (unpaired) electrons. The van der Waals surface area contributed by atoms with Crippen molar-refractivity contribution < 1.29 is 19.2 Å². The zero-order valence-electron chi connectivity index (χ0n) is 6.98. The van der Waals surface area contributed by atoms with Crippen molar-refractivity contribution in [2.24, 2.45) is 0 Å². The smallest absolute Gasteiger partial charge is 0.286 e. The van der Waals surface area contributed by atoms with Gasteiger partial charge in [-0.25, -0.2) is 0 Å². The molecule has 64 valence electrons. The lowest BCUT2D eigenvalue weighted by molar-refractivity contribution is -0.253. The minimum absolute atomic E-state index is 0.534. The summed E-state index contributed by atoms with van der Waals surface area (Å²) in [4.78, 5) is 0. The third kappa shape index (κ3) is 6.31. The average Bonchev–Trinajstić information content (AvgIpc) is 1.85. The molecule has 0 amide bonds. The Kier molecular flexibility index (Phi) is 5.49. The van der Waals surface area contributed by atoms with Crippen LogP contribution in [0.5, 0.6) is 0 Å². The second-order valence-corrected chi connectivity index (χ2v) is 2.14. The SMILES string of the molecule is [B]OC(C)OC(C)OC(C)O. The summed E-state index contributed by atoms with van der Waals surface area (Å²) in [5, 5.41) is 8.73. The van der Waals surface area contributed by atoms with E-state index in [4.69, 9.17) is 22.6 Å². The number of aliphatic hydroxyl groups is 1. The summed E-state index contributed by atoms with van der Waals surface area (Å²) in [6.07, 6.45) is -1.92. The minimum atomic E-state index is -0.852. The van der Waals surface area contributed by atoms with Gasteiger partial charge in [0.2, 0.25) is 0 Å². The molecular formula is C6H13BO4. The molecule has 0 aromatic carbocycles. The van der Waals surface area contributed by atoms with Crippen LogP contribution in [0.25, 0.3) is 0 Å². The molecule has 4 nitrogen and oxygen atoms in total. The van der Waals surface area contributed by atoms with Crippen molar-refractivity contribution in [3.05, 3.63) is 0 Å². The fraction of sp³-hybridized carbons (Fsp3) is 1.00. The Morgan fingerprint density at radius 3 is 2.00 bits per heavy atom. The topological polar surface area (TPSA) is 47.9 Å². The second-order valence-electron chi connectivity index (χ2n) is 2.14. The molecule has 0 rings (SSSR count). The van der Waals surface area contributed by atoms with Crippen molar-refractivity contribution >= 4 is 8.05 Å². The molecule has 0 aromatic heterocycles. The molecule has 0 aliphatic rings. The number of rotatable bonds is 5. The summed E-state index contributed by atoms with van der Waals surface area (Å²) in [6, 6.07) is 0. The first-order valence-electron chi connectivity index (χ1n) is 3.40. The van der Waals surface area contributed by atoms with E-state index in [-0.39, 0.29) is 0 Å². The van der Waals surface area contributed by atoms with E-state index in [1.54, 1.807) is 13.8 Å². The van der Waals surface area contributed by atoms with Gasteiger partial charge in [-0.2, -0.15) is 0 Å². The van der Waals surface area contributed by atoms with Gasteiger partial charge in [-0.15, -0.1) is 0 Å². The fourth-order valence-corrected chi connectivity index (χ4v) is 0.611. The summed E-state index contributed by atoms with van der Waals surface area (Å²) in [6.45, 7) is 4.76. The molecule has 0 aromatic rings. The zero-order chi connectivity index (χ0) is 8.85. The van der Waals surface area contributed by atoms with Gasteiger partial charge in [-0.1, -0.05) is 0 Å². The number of hydrogen-bond acceptors (Lipinski definition) is 4. The summed E-state index contributed by atoms with van der Waals surface area (Å²) in [5.41, 5.74) is 0. The highest BCUT2D eigenvalue weighted by Gasteiger charge is 2.08. The van der Waals surface area contributed by atoms with E-state index in [0.717, 1.165) is 0 Å². The first kappa shape index (κ1) is 10.9. The van der Waals surface area contributed by atoms with Gasteiger partial charge in [-0.05, 0) is 20.8 Å². The van der Waals surface area contributed by atoms with Crippen LogP contribution in [0.15, 0.2) is 0 Å². The summed E-state index contributed by atoms with van der Waals surface area (Å²) in [5.74, 6) is 0. The first-order valence-corrected chi connectivity index (χ1v) is 3.40. The zero-order valence-corrected chi connectivity index (χ0v) is 6.98. The third-order valence-corrected chi connectivity index (χ3v) is 0.963. The Balaban J connectivity index is 3.43. The molecule has 5 heteroatoms. The van der Waals surface area contributed by atoms with E-state index in [9.17, 15) is 0 Å². The Hall–Kier alpha value is -0.0951. The normalized spacial score (nSPS) is 19.3. The largest absolute Gasteiger partial charge is 0.425 e. The summed E-state index contributed by atoms with van der Waals surface area (Å²) < 4.78 is 14.1. The lowest BCUT2D eigenvalue weighted by atomic mass is 10.5. The molecule has 1 N–H and O–H groups in total. The quantitative estimate of drug-likeness (QED) is 0.459. The van der Waals surface area contributed by atoms with Crippen LogP contribution in [-0.2, 0) is 14.1 Å². The minimum Gasteiger partial charge on any atom is -0.425 e. The molecule has 3 atom stereocenters. The van der Waals surface area contributed by atoms with Crippen LogP contribution in [0.3, 0.4) is 0 Å². The predicted molar refractivity (Wildman–Crippen MR) is 39.6 cm³/mol. The third-order valence-electron chi connectivity index (χ3n) is 0.963. The van der Waals surface area contributed by atoms with Gasteiger partial charge in [0.1, 0.15) is 6.29 Å². The Labute approximate surface area is 67.9 Å². The molecule has 0 heterocycles. The molecule has 0 aliphatic carbocycles. The van der Waals surface area contributed by atoms with Gasteiger partial charge < -0.3 is 19.2 Å². The Morgan fingerprint density at radius 2 is 1.64 bits per heavy atom. The lowest BCUT2D eigenvalue weighted by Crippen LogP contribution is -2.24. The molecule has 0 saturated heterocycles. The van der Waals surface area contributed by atoms with Crippen molar-refractivity contribution in [1.82, 2.24) is 0 Å². The van der Waals surface area contributed by atoms with Crippen molar-refractivity contribution in [2.75, 3.05) is 0 Å². The van der Waals surface area contributed by atoms with E-state index < -0.39 is 18.9 Å². The molecular weight excluding hydrogens is 147 g/mol. The maximum absolute atomic E-state index is 8.73. The van der Waals surface area contributed by atoms with Gasteiger partial charge in [0.05, 0.1) is 0 Å². The average molecular weight is 160 g/mol. The van der Waals surface area contributed by atoms with E-state index in [0.29, 0.717) is 0 Å². The fourth-order valence-electron chi connectivity index (χ4n) is 0.611. The molecule has 0 spiro atoms. The van der Waals surface area contributed by atoms with Crippen LogP contribution in [-0.4, -0.2) is 32.0 Å².